The molecule has 0 atom stereocenters. The molecule has 0 fully saturated rings. The lowest BCUT2D eigenvalue weighted by Crippen LogP contribution is -2.35. The van der Waals surface area contributed by atoms with Gasteiger partial charge in [0.25, 0.3) is 10.0 Å². The van der Waals surface area contributed by atoms with E-state index >= 15 is 0 Å². The van der Waals surface area contributed by atoms with Gasteiger partial charge in [-0.05, 0) is 24.3 Å². The highest BCUT2D eigenvalue weighted by molar-refractivity contribution is 7.93. The van der Waals surface area contributed by atoms with Gasteiger partial charge in [-0.1, -0.05) is 24.3 Å². The van der Waals surface area contributed by atoms with Crippen molar-refractivity contribution in [1.82, 2.24) is 15.0 Å². The van der Waals surface area contributed by atoms with Crippen molar-refractivity contribution in [1.29, 1.82) is 0 Å². The maximum atomic E-state index is 13.0. The van der Waals surface area contributed by atoms with E-state index in [0.29, 0.717) is 23.0 Å². The first-order valence-corrected chi connectivity index (χ1v) is 9.33. The molecule has 0 saturated carbocycles. The Morgan fingerprint density at radius 2 is 1.92 bits per heavy atom. The molecule has 0 bridgehead atoms. The van der Waals surface area contributed by atoms with Crippen molar-refractivity contribution in [3.05, 3.63) is 67.5 Å². The van der Waals surface area contributed by atoms with Gasteiger partial charge in [-0.25, -0.2) is 27.7 Å². The number of pyridine rings is 1. The number of nitrogens with one attached hydrogen (secondary N) is 1. The molecule has 0 unspecified atom stereocenters. The number of nitrogens with zero attached hydrogens (tertiary/aromatic N) is 4. The maximum absolute atomic E-state index is 13.0. The van der Waals surface area contributed by atoms with Crippen molar-refractivity contribution in [2.45, 2.75) is 4.90 Å². The summed E-state index contributed by atoms with van der Waals surface area (Å²) in [4.78, 5) is 12.9. The third kappa shape index (κ3) is 2.60. The summed E-state index contributed by atoms with van der Waals surface area (Å²) in [5.41, 5.74) is 1.78. The predicted octanol–water partition coefficient (Wildman–Crippen LogP) is 2.98. The summed E-state index contributed by atoms with van der Waals surface area (Å²) in [7, 11) is -3.80. The van der Waals surface area contributed by atoms with Gasteiger partial charge in [0.1, 0.15) is 10.6 Å². The van der Waals surface area contributed by atoms with Crippen LogP contribution < -0.4 is 9.62 Å². The second kappa shape index (κ2) is 6.23. The molecule has 26 heavy (non-hydrogen) atoms. The minimum absolute atomic E-state index is 0.0541. The van der Waals surface area contributed by atoms with Crippen molar-refractivity contribution < 1.29 is 8.42 Å². The fourth-order valence-electron chi connectivity index (χ4n) is 2.78. The van der Waals surface area contributed by atoms with Crippen LogP contribution in [0.25, 0.3) is 11.3 Å². The molecule has 0 aliphatic carbocycles. The fraction of sp³-hybridized carbons (Fsp3) is 0.0556. The molecule has 8 heteroatoms. The Kier molecular flexibility index (Phi) is 3.89. The van der Waals surface area contributed by atoms with E-state index in [9.17, 15) is 8.42 Å². The van der Waals surface area contributed by atoms with E-state index in [1.165, 1.54) is 16.6 Å². The van der Waals surface area contributed by atoms with Crippen LogP contribution in [0.5, 0.6) is 0 Å². The number of benzene rings is 1. The zero-order valence-corrected chi connectivity index (χ0v) is 14.5. The van der Waals surface area contributed by atoms with Gasteiger partial charge in [-0.2, -0.15) is 0 Å². The summed E-state index contributed by atoms with van der Waals surface area (Å²) in [6, 6.07) is 13.0. The predicted molar refractivity (Wildman–Crippen MR) is 99.7 cm³/mol. The molecule has 1 aliphatic rings. The minimum Gasteiger partial charge on any atom is -0.324 e. The third-order valence-corrected chi connectivity index (χ3v) is 5.68. The number of para-hydroxylation sites is 1. The summed E-state index contributed by atoms with van der Waals surface area (Å²) >= 11 is 0. The van der Waals surface area contributed by atoms with Crippen molar-refractivity contribution >= 4 is 27.5 Å². The van der Waals surface area contributed by atoms with Gasteiger partial charge >= 0.3 is 0 Å². The molecular formula is C18H15N5O2S. The van der Waals surface area contributed by atoms with Crippen LogP contribution in [0.3, 0.4) is 0 Å². The Morgan fingerprint density at radius 3 is 2.69 bits per heavy atom. The molecule has 1 aliphatic heterocycles. The van der Waals surface area contributed by atoms with E-state index < -0.39 is 10.0 Å². The van der Waals surface area contributed by atoms with Crippen molar-refractivity contribution in [3.8, 4) is 11.3 Å². The second-order valence-corrected chi connectivity index (χ2v) is 7.43. The smallest absolute Gasteiger partial charge is 0.269 e. The van der Waals surface area contributed by atoms with Crippen LogP contribution in [-0.2, 0) is 10.0 Å². The summed E-state index contributed by atoms with van der Waals surface area (Å²) < 4.78 is 27.1. The molecule has 0 spiro atoms. The van der Waals surface area contributed by atoms with Crippen LogP contribution in [-0.4, -0.2) is 29.9 Å². The van der Waals surface area contributed by atoms with Crippen molar-refractivity contribution in [3.63, 3.8) is 0 Å². The first-order valence-electron chi connectivity index (χ1n) is 7.89. The lowest BCUT2D eigenvalue weighted by molar-refractivity contribution is 0.590. The van der Waals surface area contributed by atoms with Gasteiger partial charge in [-0.3, -0.25) is 0 Å². The summed E-state index contributed by atoms with van der Waals surface area (Å²) in [6.45, 7) is 3.76. The van der Waals surface area contributed by atoms with E-state index in [1.807, 2.05) is 30.3 Å². The number of aromatic nitrogens is 3. The van der Waals surface area contributed by atoms with Crippen LogP contribution >= 0.6 is 0 Å². The molecule has 1 N–H and O–H groups in total. The molecule has 0 saturated heterocycles. The van der Waals surface area contributed by atoms with Gasteiger partial charge in [0, 0.05) is 17.4 Å². The van der Waals surface area contributed by atoms with Gasteiger partial charge in [0.15, 0.2) is 5.82 Å². The van der Waals surface area contributed by atoms with E-state index in [0.717, 1.165) is 5.69 Å². The Morgan fingerprint density at radius 1 is 1.12 bits per heavy atom. The highest BCUT2D eigenvalue weighted by Crippen LogP contribution is 2.40. The minimum atomic E-state index is -3.80. The largest absolute Gasteiger partial charge is 0.324 e. The van der Waals surface area contributed by atoms with Crippen LogP contribution in [0.4, 0.5) is 17.5 Å². The lowest BCUT2D eigenvalue weighted by atomic mass is 10.1. The number of hydrogen-bond donors (Lipinski definition) is 1. The van der Waals surface area contributed by atoms with E-state index in [-0.39, 0.29) is 11.4 Å². The standard InChI is InChI=1S/C18H15N5O2S/c1-2-11-23-17-14(9-6-10-19-17)16-15(26(23,24)25)12-20-18(22-16)21-13-7-4-3-5-8-13/h2-10,12H,1,11H2,(H,20,21,22). The number of sulfonamides is 1. The molecule has 7 nitrogen and oxygen atoms in total. The highest BCUT2D eigenvalue weighted by Gasteiger charge is 2.36. The monoisotopic (exact) mass is 365 g/mol. The Hall–Kier alpha value is -3.26. The number of hydrogen-bond acceptors (Lipinski definition) is 6. The van der Waals surface area contributed by atoms with Gasteiger partial charge in [0.05, 0.1) is 12.7 Å². The normalized spacial score (nSPS) is 14.2. The van der Waals surface area contributed by atoms with E-state index in [4.69, 9.17) is 0 Å². The molecule has 2 aromatic heterocycles. The average molecular weight is 365 g/mol. The lowest BCUT2D eigenvalue weighted by Gasteiger charge is -2.29. The molecule has 1 aromatic carbocycles. The van der Waals surface area contributed by atoms with Gasteiger partial charge < -0.3 is 5.32 Å². The Bertz CT molecular complexity index is 1080. The average Bonchev–Trinajstić information content (AvgIpc) is 2.66. The second-order valence-electron chi connectivity index (χ2n) is 5.60. The molecule has 0 amide bonds. The molecule has 4 rings (SSSR count). The number of rotatable bonds is 4. The zero-order valence-electron chi connectivity index (χ0n) is 13.7. The van der Waals surface area contributed by atoms with Crippen LogP contribution in [0, 0.1) is 0 Å². The fourth-order valence-corrected chi connectivity index (χ4v) is 4.28. The topological polar surface area (TPSA) is 88.1 Å². The van der Waals surface area contributed by atoms with Crippen molar-refractivity contribution in [2.24, 2.45) is 0 Å². The first kappa shape index (κ1) is 16.2. The van der Waals surface area contributed by atoms with Crippen molar-refractivity contribution in [2.75, 3.05) is 16.2 Å². The first-order chi connectivity index (χ1) is 12.6. The maximum Gasteiger partial charge on any atom is 0.269 e. The molecule has 0 radical (unpaired) electrons. The highest BCUT2D eigenvalue weighted by atomic mass is 32.2. The third-order valence-electron chi connectivity index (χ3n) is 3.93. The molecule has 130 valence electrons. The molecule has 3 aromatic rings. The van der Waals surface area contributed by atoms with Crippen LogP contribution in [0.1, 0.15) is 0 Å². The summed E-state index contributed by atoms with van der Waals surface area (Å²) in [5, 5.41) is 3.08. The molecule has 3 heterocycles. The van der Waals surface area contributed by atoms with E-state index in [1.54, 1.807) is 18.3 Å². The quantitative estimate of drug-likeness (QED) is 0.715. The SMILES string of the molecule is C=CCN1c2ncccc2-c2nc(Nc3ccccc3)ncc2S1(=O)=O. The van der Waals surface area contributed by atoms with E-state index in [2.05, 4.69) is 26.8 Å². The van der Waals surface area contributed by atoms with Gasteiger partial charge in [0.2, 0.25) is 5.95 Å². The summed E-state index contributed by atoms with van der Waals surface area (Å²) in [6.07, 6.45) is 4.40. The van der Waals surface area contributed by atoms with Gasteiger partial charge in [-0.15, -0.1) is 6.58 Å². The number of anilines is 3. The summed E-state index contributed by atoms with van der Waals surface area (Å²) in [5.74, 6) is 0.654. The Labute approximate surface area is 151 Å². The van der Waals surface area contributed by atoms with Crippen LogP contribution in [0.2, 0.25) is 0 Å². The molecular weight excluding hydrogens is 350 g/mol. The number of fused-ring (bicyclic) bond motifs is 3. The zero-order chi connectivity index (χ0) is 18.1. The Balaban J connectivity index is 1.86. The van der Waals surface area contributed by atoms with Crippen LogP contribution in [0.15, 0.2) is 72.4 Å².